The maximum atomic E-state index is 11.8. The highest BCUT2D eigenvalue weighted by atomic mass is 16.6. The van der Waals surface area contributed by atoms with Gasteiger partial charge in [0, 0.05) is 6.04 Å². The van der Waals surface area contributed by atoms with Gasteiger partial charge in [0.2, 0.25) is 0 Å². The van der Waals surface area contributed by atoms with Crippen LogP contribution in [0.2, 0.25) is 0 Å². The van der Waals surface area contributed by atoms with Gasteiger partial charge in [-0.3, -0.25) is 0 Å². The van der Waals surface area contributed by atoms with Crippen molar-refractivity contribution < 1.29 is 9.53 Å². The number of likely N-dealkylation sites (N-methyl/N-ethyl adjacent to an activating group) is 1. The lowest BCUT2D eigenvalue weighted by molar-refractivity contribution is 0.0494. The second-order valence-electron chi connectivity index (χ2n) is 5.78. The molecule has 0 spiro atoms. The Kier molecular flexibility index (Phi) is 5.66. The number of amides is 1. The number of alkyl carbamates (subject to hydrolysis) is 1. The third-order valence-electron chi connectivity index (χ3n) is 2.95. The lowest BCUT2D eigenvalue weighted by Crippen LogP contribution is -2.49. The summed E-state index contributed by atoms with van der Waals surface area (Å²) in [4.78, 5) is 11.8. The maximum absolute atomic E-state index is 11.8. The molecule has 0 fully saturated rings. The van der Waals surface area contributed by atoms with Crippen molar-refractivity contribution in [2.45, 2.75) is 64.1 Å². The number of carbonyl (C=O) groups excluding carboxylic acids is 1. The van der Waals surface area contributed by atoms with Crippen LogP contribution < -0.4 is 10.6 Å². The van der Waals surface area contributed by atoms with Gasteiger partial charge in [-0.15, -0.1) is 0 Å². The molecular formula is C14H26N2O2. The van der Waals surface area contributed by atoms with E-state index in [1.807, 2.05) is 27.8 Å². The summed E-state index contributed by atoms with van der Waals surface area (Å²) in [5.74, 6) is 0. The van der Waals surface area contributed by atoms with Crippen molar-refractivity contribution >= 4 is 6.09 Å². The zero-order valence-corrected chi connectivity index (χ0v) is 12.0. The summed E-state index contributed by atoms with van der Waals surface area (Å²) in [5.41, 5.74) is -0.448. The molecule has 0 unspecified atom stereocenters. The quantitative estimate of drug-likeness (QED) is 0.745. The maximum Gasteiger partial charge on any atom is 0.407 e. The van der Waals surface area contributed by atoms with Gasteiger partial charge in [0.25, 0.3) is 0 Å². The zero-order valence-electron chi connectivity index (χ0n) is 12.0. The number of rotatable bonds is 2. The second-order valence-corrected chi connectivity index (χ2v) is 5.78. The molecule has 4 heteroatoms. The fourth-order valence-corrected chi connectivity index (χ4v) is 2.10. The van der Waals surface area contributed by atoms with Crippen LogP contribution in [0.5, 0.6) is 0 Å². The van der Waals surface area contributed by atoms with Gasteiger partial charge in [-0.05, 0) is 47.1 Å². The SMILES string of the molecule is CN[C@@H]1/C=C/CCCC[C@H]1NC(=O)OC(C)(C)C. The van der Waals surface area contributed by atoms with E-state index < -0.39 is 5.60 Å². The lowest BCUT2D eigenvalue weighted by Gasteiger charge is -2.28. The van der Waals surface area contributed by atoms with Gasteiger partial charge in [0.1, 0.15) is 5.60 Å². The van der Waals surface area contributed by atoms with Crippen LogP contribution in [0.4, 0.5) is 4.79 Å². The molecular weight excluding hydrogens is 228 g/mol. The molecule has 0 aliphatic heterocycles. The molecule has 1 aliphatic rings. The van der Waals surface area contributed by atoms with E-state index in [0.29, 0.717) is 0 Å². The fourth-order valence-electron chi connectivity index (χ4n) is 2.10. The first-order valence-electron chi connectivity index (χ1n) is 6.76. The normalized spacial score (nSPS) is 26.9. The minimum absolute atomic E-state index is 0.0985. The fraction of sp³-hybridized carbons (Fsp3) is 0.786. The van der Waals surface area contributed by atoms with Crippen LogP contribution in [0.1, 0.15) is 46.5 Å². The van der Waals surface area contributed by atoms with E-state index in [1.165, 1.54) is 6.42 Å². The molecule has 2 atom stereocenters. The number of ether oxygens (including phenoxy) is 1. The summed E-state index contributed by atoms with van der Waals surface area (Å²) < 4.78 is 5.30. The minimum atomic E-state index is -0.448. The van der Waals surface area contributed by atoms with Gasteiger partial charge in [-0.25, -0.2) is 4.79 Å². The highest BCUT2D eigenvalue weighted by Crippen LogP contribution is 2.14. The highest BCUT2D eigenvalue weighted by Gasteiger charge is 2.23. The first-order valence-corrected chi connectivity index (χ1v) is 6.76. The molecule has 0 aromatic rings. The van der Waals surface area contributed by atoms with Gasteiger partial charge < -0.3 is 15.4 Å². The van der Waals surface area contributed by atoms with E-state index in [1.54, 1.807) is 0 Å². The number of allylic oxidation sites excluding steroid dienone is 1. The van der Waals surface area contributed by atoms with Crippen molar-refractivity contribution in [2.24, 2.45) is 0 Å². The molecule has 0 heterocycles. The Morgan fingerprint density at radius 3 is 2.67 bits per heavy atom. The van der Waals surface area contributed by atoms with E-state index in [0.717, 1.165) is 19.3 Å². The Morgan fingerprint density at radius 1 is 1.33 bits per heavy atom. The molecule has 1 amide bonds. The van der Waals surface area contributed by atoms with Crippen molar-refractivity contribution in [3.05, 3.63) is 12.2 Å². The van der Waals surface area contributed by atoms with Crippen LogP contribution >= 0.6 is 0 Å². The van der Waals surface area contributed by atoms with Gasteiger partial charge >= 0.3 is 6.09 Å². The molecule has 104 valence electrons. The Balaban J connectivity index is 2.58. The number of carbonyl (C=O) groups is 1. The number of hydrogen-bond donors (Lipinski definition) is 2. The van der Waals surface area contributed by atoms with E-state index in [2.05, 4.69) is 22.8 Å². The van der Waals surface area contributed by atoms with Crippen molar-refractivity contribution in [2.75, 3.05) is 7.05 Å². The van der Waals surface area contributed by atoms with Gasteiger partial charge in [-0.1, -0.05) is 18.6 Å². The zero-order chi connectivity index (χ0) is 13.6. The molecule has 0 saturated carbocycles. The summed E-state index contributed by atoms with van der Waals surface area (Å²) in [5, 5.41) is 6.20. The van der Waals surface area contributed by atoms with Crippen LogP contribution in [-0.2, 0) is 4.74 Å². The summed E-state index contributed by atoms with van der Waals surface area (Å²) in [6.07, 6.45) is 8.40. The Hall–Kier alpha value is -1.03. The first kappa shape index (κ1) is 15.0. The van der Waals surface area contributed by atoms with Crippen LogP contribution in [0.15, 0.2) is 12.2 Å². The topological polar surface area (TPSA) is 50.4 Å². The van der Waals surface area contributed by atoms with Crippen LogP contribution in [0.3, 0.4) is 0 Å². The Bertz CT molecular complexity index is 295. The predicted molar refractivity (Wildman–Crippen MR) is 73.6 cm³/mol. The van der Waals surface area contributed by atoms with Crippen molar-refractivity contribution in [1.82, 2.24) is 10.6 Å². The lowest BCUT2D eigenvalue weighted by atomic mass is 9.97. The van der Waals surface area contributed by atoms with Crippen LogP contribution in [-0.4, -0.2) is 30.8 Å². The smallest absolute Gasteiger partial charge is 0.407 e. The van der Waals surface area contributed by atoms with Gasteiger partial charge in [0.15, 0.2) is 0 Å². The van der Waals surface area contributed by atoms with Gasteiger partial charge in [0.05, 0.1) is 6.04 Å². The van der Waals surface area contributed by atoms with E-state index in [-0.39, 0.29) is 18.2 Å². The summed E-state index contributed by atoms with van der Waals surface area (Å²) >= 11 is 0. The van der Waals surface area contributed by atoms with Crippen LogP contribution in [0.25, 0.3) is 0 Å². The number of nitrogens with one attached hydrogen (secondary N) is 2. The van der Waals surface area contributed by atoms with Gasteiger partial charge in [-0.2, -0.15) is 0 Å². The van der Waals surface area contributed by atoms with E-state index in [4.69, 9.17) is 4.74 Å². The predicted octanol–water partition coefficient (Wildman–Crippen LogP) is 2.60. The van der Waals surface area contributed by atoms with E-state index >= 15 is 0 Å². The molecule has 1 aliphatic carbocycles. The van der Waals surface area contributed by atoms with Crippen molar-refractivity contribution in [1.29, 1.82) is 0 Å². The molecule has 0 saturated heterocycles. The Labute approximate surface area is 110 Å². The molecule has 4 nitrogen and oxygen atoms in total. The molecule has 2 N–H and O–H groups in total. The third kappa shape index (κ3) is 5.54. The van der Waals surface area contributed by atoms with Crippen molar-refractivity contribution in [3.8, 4) is 0 Å². The Morgan fingerprint density at radius 2 is 2.06 bits per heavy atom. The molecule has 18 heavy (non-hydrogen) atoms. The average Bonchev–Trinajstić information content (AvgIpc) is 2.20. The summed E-state index contributed by atoms with van der Waals surface area (Å²) in [6.45, 7) is 5.63. The minimum Gasteiger partial charge on any atom is -0.444 e. The monoisotopic (exact) mass is 254 g/mol. The largest absolute Gasteiger partial charge is 0.444 e. The van der Waals surface area contributed by atoms with Crippen LogP contribution in [0, 0.1) is 0 Å². The molecule has 0 bridgehead atoms. The van der Waals surface area contributed by atoms with E-state index in [9.17, 15) is 4.79 Å². The molecule has 0 aromatic heterocycles. The third-order valence-corrected chi connectivity index (χ3v) is 2.95. The number of hydrogen-bond acceptors (Lipinski definition) is 3. The highest BCUT2D eigenvalue weighted by molar-refractivity contribution is 5.68. The summed E-state index contributed by atoms with van der Waals surface area (Å²) in [7, 11) is 1.92. The molecule has 0 aromatic carbocycles. The average molecular weight is 254 g/mol. The second kappa shape index (κ2) is 6.78. The molecule has 1 rings (SSSR count). The standard InChI is InChI=1S/C14H26N2O2/c1-14(2,3)18-13(17)16-12-10-8-6-5-7-9-11(12)15-4/h7,9,11-12,15H,5-6,8,10H2,1-4H3,(H,16,17)/b9-7+/t11-,12-/m1/s1. The first-order chi connectivity index (χ1) is 8.42. The van der Waals surface area contributed by atoms with Crippen molar-refractivity contribution in [3.63, 3.8) is 0 Å². The summed E-state index contributed by atoms with van der Waals surface area (Å²) in [6, 6.07) is 0.277. The molecule has 0 radical (unpaired) electrons.